The maximum Gasteiger partial charge on any atom is 0.221 e. The van der Waals surface area contributed by atoms with Crippen molar-refractivity contribution in [1.29, 1.82) is 0 Å². The highest BCUT2D eigenvalue weighted by Crippen LogP contribution is 2.23. The SMILES string of the molecule is CC(=O)Nc1cc(NCc2sccc2N)ccc1C. The van der Waals surface area contributed by atoms with Crippen molar-refractivity contribution in [1.82, 2.24) is 0 Å². The fourth-order valence-electron chi connectivity index (χ4n) is 1.73. The van der Waals surface area contributed by atoms with E-state index >= 15 is 0 Å². The van der Waals surface area contributed by atoms with Gasteiger partial charge < -0.3 is 16.4 Å². The lowest BCUT2D eigenvalue weighted by atomic mass is 10.1. The minimum Gasteiger partial charge on any atom is -0.398 e. The Bertz CT molecular complexity index is 592. The van der Waals surface area contributed by atoms with Crippen LogP contribution in [-0.4, -0.2) is 5.91 Å². The molecule has 100 valence electrons. The summed E-state index contributed by atoms with van der Waals surface area (Å²) >= 11 is 1.63. The van der Waals surface area contributed by atoms with Crippen molar-refractivity contribution < 1.29 is 4.79 Å². The van der Waals surface area contributed by atoms with Gasteiger partial charge in [-0.15, -0.1) is 11.3 Å². The number of rotatable bonds is 4. The zero-order valence-electron chi connectivity index (χ0n) is 11.0. The number of hydrogen-bond acceptors (Lipinski definition) is 4. The van der Waals surface area contributed by atoms with Crippen LogP contribution in [0, 0.1) is 6.92 Å². The Morgan fingerprint density at radius 1 is 1.37 bits per heavy atom. The van der Waals surface area contributed by atoms with E-state index in [2.05, 4.69) is 10.6 Å². The third-order valence-electron chi connectivity index (χ3n) is 2.78. The van der Waals surface area contributed by atoms with Crippen LogP contribution >= 0.6 is 11.3 Å². The highest BCUT2D eigenvalue weighted by atomic mass is 32.1. The molecule has 1 heterocycles. The molecule has 0 aliphatic carbocycles. The van der Waals surface area contributed by atoms with E-state index in [0.717, 1.165) is 27.5 Å². The molecular formula is C14H17N3OS. The molecule has 0 atom stereocenters. The average Bonchev–Trinajstić information content (AvgIpc) is 2.75. The Balaban J connectivity index is 2.08. The van der Waals surface area contributed by atoms with Crippen molar-refractivity contribution in [3.8, 4) is 0 Å². The fraction of sp³-hybridized carbons (Fsp3) is 0.214. The second kappa shape index (κ2) is 5.75. The van der Waals surface area contributed by atoms with Crippen LogP contribution in [0.4, 0.5) is 17.1 Å². The summed E-state index contributed by atoms with van der Waals surface area (Å²) in [6.07, 6.45) is 0. The molecule has 0 aliphatic rings. The first kappa shape index (κ1) is 13.4. The number of carbonyl (C=O) groups is 1. The number of benzene rings is 1. The molecule has 4 N–H and O–H groups in total. The van der Waals surface area contributed by atoms with Gasteiger partial charge in [0.15, 0.2) is 0 Å². The second-order valence-electron chi connectivity index (χ2n) is 4.36. The Morgan fingerprint density at radius 3 is 2.79 bits per heavy atom. The summed E-state index contributed by atoms with van der Waals surface area (Å²) in [5, 5.41) is 8.10. The average molecular weight is 275 g/mol. The normalized spacial score (nSPS) is 10.2. The van der Waals surface area contributed by atoms with Crippen LogP contribution in [0.3, 0.4) is 0 Å². The van der Waals surface area contributed by atoms with Crippen molar-refractivity contribution in [2.75, 3.05) is 16.4 Å². The molecule has 0 radical (unpaired) electrons. The van der Waals surface area contributed by atoms with Gasteiger partial charge in [-0.2, -0.15) is 0 Å². The summed E-state index contributed by atoms with van der Waals surface area (Å²) in [7, 11) is 0. The van der Waals surface area contributed by atoms with E-state index in [1.165, 1.54) is 6.92 Å². The van der Waals surface area contributed by atoms with Crippen LogP contribution in [0.15, 0.2) is 29.6 Å². The minimum atomic E-state index is -0.0669. The van der Waals surface area contributed by atoms with E-state index < -0.39 is 0 Å². The highest BCUT2D eigenvalue weighted by Gasteiger charge is 2.04. The largest absolute Gasteiger partial charge is 0.398 e. The van der Waals surface area contributed by atoms with Gasteiger partial charge in [0.2, 0.25) is 5.91 Å². The zero-order valence-corrected chi connectivity index (χ0v) is 11.8. The highest BCUT2D eigenvalue weighted by molar-refractivity contribution is 7.10. The summed E-state index contributed by atoms with van der Waals surface area (Å²) in [4.78, 5) is 12.2. The molecule has 0 saturated heterocycles. The Labute approximate surface area is 116 Å². The molecule has 0 unspecified atom stereocenters. The van der Waals surface area contributed by atoms with Crippen molar-refractivity contribution >= 4 is 34.3 Å². The number of nitrogens with two attached hydrogens (primary N) is 1. The molecule has 1 aromatic carbocycles. The number of amides is 1. The first-order chi connectivity index (χ1) is 9.06. The van der Waals surface area contributed by atoms with Gasteiger partial charge in [0.05, 0.1) is 6.54 Å². The van der Waals surface area contributed by atoms with E-state index in [0.29, 0.717) is 6.54 Å². The van der Waals surface area contributed by atoms with Crippen molar-refractivity contribution in [3.63, 3.8) is 0 Å². The van der Waals surface area contributed by atoms with Crippen LogP contribution in [0.1, 0.15) is 17.4 Å². The molecule has 1 amide bonds. The molecule has 2 aromatic rings. The first-order valence-corrected chi connectivity index (χ1v) is 6.88. The van der Waals surface area contributed by atoms with E-state index in [1.807, 2.05) is 36.6 Å². The van der Waals surface area contributed by atoms with E-state index in [-0.39, 0.29) is 5.91 Å². The number of carbonyl (C=O) groups excluding carboxylic acids is 1. The van der Waals surface area contributed by atoms with Gasteiger partial charge in [-0.25, -0.2) is 0 Å². The van der Waals surface area contributed by atoms with E-state index in [1.54, 1.807) is 11.3 Å². The van der Waals surface area contributed by atoms with Crippen molar-refractivity contribution in [2.45, 2.75) is 20.4 Å². The topological polar surface area (TPSA) is 67.2 Å². The predicted molar refractivity (Wildman–Crippen MR) is 81.5 cm³/mol. The number of nitrogen functional groups attached to an aromatic ring is 1. The maximum absolute atomic E-state index is 11.1. The Kier molecular flexibility index (Phi) is 4.06. The molecule has 1 aromatic heterocycles. The molecule has 5 heteroatoms. The minimum absolute atomic E-state index is 0.0669. The molecule has 0 fully saturated rings. The first-order valence-electron chi connectivity index (χ1n) is 6.00. The molecule has 2 rings (SSSR count). The molecule has 0 aliphatic heterocycles. The van der Waals surface area contributed by atoms with E-state index in [9.17, 15) is 4.79 Å². The molecular weight excluding hydrogens is 258 g/mol. The lowest BCUT2D eigenvalue weighted by molar-refractivity contribution is -0.114. The molecule has 0 bridgehead atoms. The van der Waals surface area contributed by atoms with Crippen LogP contribution < -0.4 is 16.4 Å². The monoisotopic (exact) mass is 275 g/mol. The van der Waals surface area contributed by atoms with Crippen molar-refractivity contribution in [2.24, 2.45) is 0 Å². The standard InChI is InChI=1S/C14H17N3OS/c1-9-3-4-11(7-13(9)17-10(2)18)16-8-14-12(15)5-6-19-14/h3-7,16H,8,15H2,1-2H3,(H,17,18). The summed E-state index contributed by atoms with van der Waals surface area (Å²) < 4.78 is 0. The van der Waals surface area contributed by atoms with Gasteiger partial charge >= 0.3 is 0 Å². The van der Waals surface area contributed by atoms with Crippen LogP contribution in [-0.2, 0) is 11.3 Å². The summed E-state index contributed by atoms with van der Waals surface area (Å²) in [6.45, 7) is 4.16. The van der Waals surface area contributed by atoms with Crippen molar-refractivity contribution in [3.05, 3.63) is 40.1 Å². The lowest BCUT2D eigenvalue weighted by Gasteiger charge is -2.11. The Hall–Kier alpha value is -2.01. The fourth-order valence-corrected chi connectivity index (χ4v) is 2.47. The van der Waals surface area contributed by atoms with Gasteiger partial charge in [-0.3, -0.25) is 4.79 Å². The predicted octanol–water partition coefficient (Wildman–Crippen LogP) is 3.21. The molecule has 4 nitrogen and oxygen atoms in total. The zero-order chi connectivity index (χ0) is 13.8. The lowest BCUT2D eigenvalue weighted by Crippen LogP contribution is -2.08. The third-order valence-corrected chi connectivity index (χ3v) is 3.72. The molecule has 0 saturated carbocycles. The quantitative estimate of drug-likeness (QED) is 0.802. The number of aryl methyl sites for hydroxylation is 1. The number of thiophene rings is 1. The molecule has 0 spiro atoms. The molecule has 19 heavy (non-hydrogen) atoms. The Morgan fingerprint density at radius 2 is 2.16 bits per heavy atom. The van der Waals surface area contributed by atoms with E-state index in [4.69, 9.17) is 5.73 Å². The van der Waals surface area contributed by atoms with Gasteiger partial charge in [-0.1, -0.05) is 6.07 Å². The second-order valence-corrected chi connectivity index (χ2v) is 5.36. The van der Waals surface area contributed by atoms with Crippen LogP contribution in [0.2, 0.25) is 0 Å². The van der Waals surface area contributed by atoms with Gasteiger partial charge in [0.25, 0.3) is 0 Å². The number of hydrogen-bond donors (Lipinski definition) is 3. The number of anilines is 3. The number of nitrogens with one attached hydrogen (secondary N) is 2. The van der Waals surface area contributed by atoms with Crippen LogP contribution in [0.25, 0.3) is 0 Å². The van der Waals surface area contributed by atoms with Gasteiger partial charge in [-0.05, 0) is 36.1 Å². The third kappa shape index (κ3) is 3.48. The maximum atomic E-state index is 11.1. The van der Waals surface area contributed by atoms with Gasteiger partial charge in [0, 0.05) is 28.9 Å². The van der Waals surface area contributed by atoms with Gasteiger partial charge in [0.1, 0.15) is 0 Å². The smallest absolute Gasteiger partial charge is 0.221 e. The summed E-state index contributed by atoms with van der Waals surface area (Å²) in [6, 6.07) is 7.80. The summed E-state index contributed by atoms with van der Waals surface area (Å²) in [5.74, 6) is -0.0669. The van der Waals surface area contributed by atoms with Crippen LogP contribution in [0.5, 0.6) is 0 Å². The summed E-state index contributed by atoms with van der Waals surface area (Å²) in [5.41, 5.74) is 9.48.